The average molecular weight is 176 g/mol. The van der Waals surface area contributed by atoms with Crippen LogP contribution in [0.15, 0.2) is 22.8 Å². The molecular weight excluding hydrogens is 168 g/mol. The Bertz CT molecular complexity index is 434. The van der Waals surface area contributed by atoms with Crippen LogP contribution >= 0.6 is 0 Å². The smallest absolute Gasteiger partial charge is 0.138 e. The molecule has 1 aromatic heterocycles. The van der Waals surface area contributed by atoms with Crippen LogP contribution in [0.2, 0.25) is 0 Å². The lowest BCUT2D eigenvalue weighted by Crippen LogP contribution is -1.94. The maximum absolute atomic E-state index is 5.59. The fraction of sp³-hybridized carbons (Fsp3) is 0.333. The molecule has 1 aromatic carbocycles. The fourth-order valence-electron chi connectivity index (χ4n) is 1.21. The minimum absolute atomic E-state index is 0.414. The Balaban J connectivity index is 1.99. The molecular formula is C9H8N2O2. The van der Waals surface area contributed by atoms with Crippen molar-refractivity contribution >= 4 is 11.0 Å². The van der Waals surface area contributed by atoms with E-state index in [2.05, 4.69) is 14.9 Å². The lowest BCUT2D eigenvalue weighted by Gasteiger charge is -2.01. The van der Waals surface area contributed by atoms with E-state index in [1.807, 2.05) is 18.2 Å². The molecule has 0 atom stereocenters. The predicted octanol–water partition coefficient (Wildman–Crippen LogP) is 1.76. The molecule has 1 heterocycles. The molecule has 0 radical (unpaired) electrons. The molecule has 0 spiro atoms. The van der Waals surface area contributed by atoms with Crippen LogP contribution in [-0.2, 0) is 0 Å². The van der Waals surface area contributed by atoms with Gasteiger partial charge in [0.1, 0.15) is 16.8 Å². The summed E-state index contributed by atoms with van der Waals surface area (Å²) in [6.07, 6.45) is 2.74. The largest absolute Gasteiger partial charge is 0.490 e. The highest BCUT2D eigenvalue weighted by molar-refractivity contribution is 5.74. The summed E-state index contributed by atoms with van der Waals surface area (Å²) in [5.41, 5.74) is 1.52. The minimum atomic E-state index is 0.414. The molecule has 13 heavy (non-hydrogen) atoms. The van der Waals surface area contributed by atoms with Gasteiger partial charge in [0.2, 0.25) is 0 Å². The van der Waals surface area contributed by atoms with Gasteiger partial charge in [0.15, 0.2) is 0 Å². The van der Waals surface area contributed by atoms with E-state index in [1.165, 1.54) is 0 Å². The average Bonchev–Trinajstić information content (AvgIpc) is 2.83. The topological polar surface area (TPSA) is 48.2 Å². The molecule has 0 aliphatic heterocycles. The third kappa shape index (κ3) is 1.24. The lowest BCUT2D eigenvalue weighted by molar-refractivity contribution is 0.303. The van der Waals surface area contributed by atoms with Crippen molar-refractivity contribution in [1.82, 2.24) is 10.3 Å². The highest BCUT2D eigenvalue weighted by Gasteiger charge is 2.23. The number of hydrogen-bond donors (Lipinski definition) is 0. The Hall–Kier alpha value is -1.58. The fourth-order valence-corrected chi connectivity index (χ4v) is 1.21. The summed E-state index contributed by atoms with van der Waals surface area (Å²) < 4.78 is 10.2. The molecule has 0 unspecified atom stereocenters. The van der Waals surface area contributed by atoms with Crippen LogP contribution < -0.4 is 4.74 Å². The van der Waals surface area contributed by atoms with Crippen molar-refractivity contribution < 1.29 is 9.37 Å². The van der Waals surface area contributed by atoms with Crippen LogP contribution in [0.25, 0.3) is 11.0 Å². The molecule has 4 heteroatoms. The Morgan fingerprint density at radius 1 is 1.23 bits per heavy atom. The zero-order valence-electron chi connectivity index (χ0n) is 6.93. The van der Waals surface area contributed by atoms with Crippen molar-refractivity contribution in [2.75, 3.05) is 0 Å². The maximum Gasteiger partial charge on any atom is 0.138 e. The summed E-state index contributed by atoms with van der Waals surface area (Å²) in [6, 6.07) is 5.60. The first-order valence-electron chi connectivity index (χ1n) is 4.31. The summed E-state index contributed by atoms with van der Waals surface area (Å²) in [5.74, 6) is 0.853. The van der Waals surface area contributed by atoms with Crippen molar-refractivity contribution in [2.45, 2.75) is 18.9 Å². The van der Waals surface area contributed by atoms with Gasteiger partial charge in [0.05, 0.1) is 6.10 Å². The van der Waals surface area contributed by atoms with E-state index in [4.69, 9.17) is 4.74 Å². The van der Waals surface area contributed by atoms with Crippen LogP contribution in [0.5, 0.6) is 5.75 Å². The number of benzene rings is 1. The molecule has 0 amide bonds. The quantitative estimate of drug-likeness (QED) is 0.699. The standard InChI is InChI=1S/C9H8N2O2/c1-2-6(1)12-7-3-4-8-9(5-7)11-13-10-8/h3-6H,1-2H2. The summed E-state index contributed by atoms with van der Waals surface area (Å²) in [5, 5.41) is 7.45. The van der Waals surface area contributed by atoms with E-state index in [0.717, 1.165) is 29.6 Å². The number of nitrogens with zero attached hydrogens (tertiary/aromatic N) is 2. The number of ether oxygens (including phenoxy) is 1. The maximum atomic E-state index is 5.59. The van der Waals surface area contributed by atoms with E-state index in [1.54, 1.807) is 0 Å². The van der Waals surface area contributed by atoms with Gasteiger partial charge < -0.3 is 4.74 Å². The molecule has 1 saturated carbocycles. The second-order valence-electron chi connectivity index (χ2n) is 3.23. The molecule has 4 nitrogen and oxygen atoms in total. The predicted molar refractivity (Wildman–Crippen MR) is 45.5 cm³/mol. The van der Waals surface area contributed by atoms with Crippen molar-refractivity contribution in [3.8, 4) is 5.75 Å². The molecule has 3 rings (SSSR count). The second kappa shape index (κ2) is 2.45. The summed E-state index contributed by atoms with van der Waals surface area (Å²) >= 11 is 0. The van der Waals surface area contributed by atoms with Crippen LogP contribution in [0.4, 0.5) is 0 Å². The minimum Gasteiger partial charge on any atom is -0.490 e. The van der Waals surface area contributed by atoms with Gasteiger partial charge in [-0.3, -0.25) is 0 Å². The SMILES string of the molecule is c1cc2nonc2cc1OC1CC1. The van der Waals surface area contributed by atoms with Crippen LogP contribution in [0.3, 0.4) is 0 Å². The van der Waals surface area contributed by atoms with Gasteiger partial charge in [-0.1, -0.05) is 0 Å². The van der Waals surface area contributed by atoms with Crippen molar-refractivity contribution in [2.24, 2.45) is 0 Å². The van der Waals surface area contributed by atoms with E-state index in [9.17, 15) is 0 Å². The Labute approximate surface area is 74.5 Å². The zero-order chi connectivity index (χ0) is 8.67. The van der Waals surface area contributed by atoms with E-state index >= 15 is 0 Å². The van der Waals surface area contributed by atoms with Crippen molar-refractivity contribution in [1.29, 1.82) is 0 Å². The van der Waals surface area contributed by atoms with Gasteiger partial charge in [0, 0.05) is 6.07 Å². The Morgan fingerprint density at radius 2 is 2.08 bits per heavy atom. The number of fused-ring (bicyclic) bond motifs is 1. The molecule has 66 valence electrons. The van der Waals surface area contributed by atoms with Gasteiger partial charge >= 0.3 is 0 Å². The molecule has 1 aliphatic carbocycles. The van der Waals surface area contributed by atoms with E-state index in [-0.39, 0.29) is 0 Å². The number of hydrogen-bond acceptors (Lipinski definition) is 4. The first-order chi connectivity index (χ1) is 6.42. The Morgan fingerprint density at radius 3 is 2.92 bits per heavy atom. The van der Waals surface area contributed by atoms with E-state index in [0.29, 0.717) is 6.10 Å². The van der Waals surface area contributed by atoms with Crippen LogP contribution in [0.1, 0.15) is 12.8 Å². The number of aromatic nitrogens is 2. The Kier molecular flexibility index (Phi) is 1.30. The van der Waals surface area contributed by atoms with Crippen LogP contribution in [0, 0.1) is 0 Å². The van der Waals surface area contributed by atoms with Crippen LogP contribution in [-0.4, -0.2) is 16.4 Å². The van der Waals surface area contributed by atoms with Crippen molar-refractivity contribution in [3.63, 3.8) is 0 Å². The normalized spacial score (nSPS) is 16.3. The van der Waals surface area contributed by atoms with Gasteiger partial charge in [0.25, 0.3) is 0 Å². The molecule has 0 N–H and O–H groups in total. The highest BCUT2D eigenvalue weighted by Crippen LogP contribution is 2.27. The monoisotopic (exact) mass is 176 g/mol. The summed E-state index contributed by atoms with van der Waals surface area (Å²) in [4.78, 5) is 0. The third-order valence-corrected chi connectivity index (χ3v) is 2.05. The second-order valence-corrected chi connectivity index (χ2v) is 3.23. The molecule has 0 saturated heterocycles. The molecule has 1 aliphatic rings. The van der Waals surface area contributed by atoms with Crippen molar-refractivity contribution in [3.05, 3.63) is 18.2 Å². The first kappa shape index (κ1) is 6.88. The molecule has 0 bridgehead atoms. The van der Waals surface area contributed by atoms with Gasteiger partial charge in [-0.2, -0.15) is 0 Å². The lowest BCUT2D eigenvalue weighted by atomic mass is 10.3. The molecule has 2 aromatic rings. The van der Waals surface area contributed by atoms with Gasteiger partial charge in [-0.05, 0) is 35.3 Å². The zero-order valence-corrected chi connectivity index (χ0v) is 6.93. The third-order valence-electron chi connectivity index (χ3n) is 2.05. The molecule has 1 fully saturated rings. The van der Waals surface area contributed by atoms with Gasteiger partial charge in [-0.25, -0.2) is 4.63 Å². The first-order valence-corrected chi connectivity index (χ1v) is 4.31. The summed E-state index contributed by atoms with van der Waals surface area (Å²) in [7, 11) is 0. The van der Waals surface area contributed by atoms with Gasteiger partial charge in [-0.15, -0.1) is 0 Å². The summed E-state index contributed by atoms with van der Waals surface area (Å²) in [6.45, 7) is 0. The highest BCUT2D eigenvalue weighted by atomic mass is 16.6. The van der Waals surface area contributed by atoms with E-state index < -0.39 is 0 Å². The number of rotatable bonds is 2.